The second-order valence-corrected chi connectivity index (χ2v) is 5.58. The van der Waals surface area contributed by atoms with Gasteiger partial charge < -0.3 is 11.1 Å². The molecular weight excluding hydrogens is 258 g/mol. The molecule has 3 N–H and O–H groups in total. The van der Waals surface area contributed by atoms with Crippen molar-refractivity contribution in [2.45, 2.75) is 25.3 Å². The van der Waals surface area contributed by atoms with E-state index in [1.165, 1.54) is 19.3 Å². The van der Waals surface area contributed by atoms with Crippen molar-refractivity contribution in [3.8, 4) is 0 Å². The summed E-state index contributed by atoms with van der Waals surface area (Å²) in [5, 5.41) is 5.41. The first-order valence-electron chi connectivity index (χ1n) is 6.79. The zero-order valence-corrected chi connectivity index (χ0v) is 11.5. The Morgan fingerprint density at radius 1 is 1.32 bits per heavy atom. The average Bonchev–Trinajstić information content (AvgIpc) is 2.89. The molecular formula is C15H18ClN3. The lowest BCUT2D eigenvalue weighted by molar-refractivity contribution is 0.517. The van der Waals surface area contributed by atoms with Crippen LogP contribution in [0.5, 0.6) is 0 Å². The molecule has 1 heterocycles. The summed E-state index contributed by atoms with van der Waals surface area (Å²) in [5.41, 5.74) is 7.81. The highest BCUT2D eigenvalue weighted by Gasteiger charge is 2.26. The monoisotopic (exact) mass is 275 g/mol. The van der Waals surface area contributed by atoms with Crippen LogP contribution in [-0.4, -0.2) is 17.6 Å². The van der Waals surface area contributed by atoms with Gasteiger partial charge >= 0.3 is 0 Å². The highest BCUT2D eigenvalue weighted by molar-refractivity contribution is 6.35. The maximum absolute atomic E-state index is 6.19. The lowest BCUT2D eigenvalue weighted by atomic mass is 10.0. The lowest BCUT2D eigenvalue weighted by Gasteiger charge is -2.21. The van der Waals surface area contributed by atoms with Crippen LogP contribution in [0, 0.1) is 5.92 Å². The number of nitrogens with two attached hydrogens (primary N) is 1. The summed E-state index contributed by atoms with van der Waals surface area (Å²) in [6.45, 7) is 0.751. The number of nitrogens with one attached hydrogen (secondary N) is 1. The summed E-state index contributed by atoms with van der Waals surface area (Å²) in [7, 11) is 0. The van der Waals surface area contributed by atoms with Crippen molar-refractivity contribution in [3.05, 3.63) is 35.5 Å². The van der Waals surface area contributed by atoms with Crippen LogP contribution in [0.15, 0.2) is 30.5 Å². The van der Waals surface area contributed by atoms with Crippen molar-refractivity contribution < 1.29 is 0 Å². The molecule has 4 heteroatoms. The normalized spacial score (nSPS) is 22.8. The Bertz CT molecular complexity index is 585. The molecule has 1 aliphatic rings. The fraction of sp³-hybridized carbons (Fsp3) is 0.400. The standard InChI is InChI=1S/C15H18ClN3/c16-12-6-7-14(11-4-2-8-18-15(11)12)19-13-5-1-3-10(13)9-17/h2,4,6-8,10,13,19H,1,3,5,9,17H2. The summed E-state index contributed by atoms with van der Waals surface area (Å²) in [4.78, 5) is 4.36. The largest absolute Gasteiger partial charge is 0.381 e. The first kappa shape index (κ1) is 12.7. The molecule has 2 atom stereocenters. The van der Waals surface area contributed by atoms with Gasteiger partial charge in [0.2, 0.25) is 0 Å². The number of hydrogen-bond donors (Lipinski definition) is 2. The summed E-state index contributed by atoms with van der Waals surface area (Å²) >= 11 is 6.19. The maximum Gasteiger partial charge on any atom is 0.0908 e. The van der Waals surface area contributed by atoms with E-state index < -0.39 is 0 Å². The SMILES string of the molecule is NCC1CCCC1Nc1ccc(Cl)c2ncccc12. The third kappa shape index (κ3) is 2.40. The Hall–Kier alpha value is -1.32. The summed E-state index contributed by atoms with van der Waals surface area (Å²) in [6.07, 6.45) is 5.43. The molecule has 0 saturated heterocycles. The van der Waals surface area contributed by atoms with E-state index in [0.717, 1.165) is 23.1 Å². The van der Waals surface area contributed by atoms with E-state index in [0.29, 0.717) is 17.0 Å². The van der Waals surface area contributed by atoms with Gasteiger partial charge in [0.1, 0.15) is 0 Å². The predicted molar refractivity (Wildman–Crippen MR) is 80.6 cm³/mol. The number of fused-ring (bicyclic) bond motifs is 1. The van der Waals surface area contributed by atoms with Crippen molar-refractivity contribution in [2.24, 2.45) is 11.7 Å². The van der Waals surface area contributed by atoms with Gasteiger partial charge in [-0.25, -0.2) is 0 Å². The Labute approximate surface area is 118 Å². The highest BCUT2D eigenvalue weighted by atomic mass is 35.5. The molecule has 3 rings (SSSR count). The molecule has 1 saturated carbocycles. The van der Waals surface area contributed by atoms with Gasteiger partial charge in [-0.3, -0.25) is 4.98 Å². The zero-order chi connectivity index (χ0) is 13.2. The summed E-state index contributed by atoms with van der Waals surface area (Å²) < 4.78 is 0. The van der Waals surface area contributed by atoms with Crippen LogP contribution in [0.1, 0.15) is 19.3 Å². The Morgan fingerprint density at radius 2 is 2.21 bits per heavy atom. The van der Waals surface area contributed by atoms with E-state index in [-0.39, 0.29) is 0 Å². The number of anilines is 1. The van der Waals surface area contributed by atoms with E-state index in [2.05, 4.69) is 16.4 Å². The molecule has 1 fully saturated rings. The minimum atomic E-state index is 0.467. The van der Waals surface area contributed by atoms with E-state index in [4.69, 9.17) is 17.3 Å². The van der Waals surface area contributed by atoms with Crippen LogP contribution in [-0.2, 0) is 0 Å². The third-order valence-corrected chi connectivity index (χ3v) is 4.33. The number of halogens is 1. The molecule has 1 aliphatic carbocycles. The zero-order valence-electron chi connectivity index (χ0n) is 10.8. The lowest BCUT2D eigenvalue weighted by Crippen LogP contribution is -2.29. The van der Waals surface area contributed by atoms with E-state index >= 15 is 0 Å². The molecule has 1 aromatic carbocycles. The fourth-order valence-corrected chi connectivity index (χ4v) is 3.19. The summed E-state index contributed by atoms with van der Waals surface area (Å²) in [5.74, 6) is 0.572. The third-order valence-electron chi connectivity index (χ3n) is 4.02. The van der Waals surface area contributed by atoms with Crippen LogP contribution in [0.3, 0.4) is 0 Å². The maximum atomic E-state index is 6.19. The number of aromatic nitrogens is 1. The number of nitrogens with zero attached hydrogens (tertiary/aromatic N) is 1. The molecule has 19 heavy (non-hydrogen) atoms. The molecule has 100 valence electrons. The van der Waals surface area contributed by atoms with Gasteiger partial charge in [0, 0.05) is 23.3 Å². The number of rotatable bonds is 3. The first-order chi connectivity index (χ1) is 9.29. The Balaban J connectivity index is 1.95. The van der Waals surface area contributed by atoms with Crippen molar-refractivity contribution in [1.82, 2.24) is 4.98 Å². The van der Waals surface area contributed by atoms with Crippen LogP contribution < -0.4 is 11.1 Å². The summed E-state index contributed by atoms with van der Waals surface area (Å²) in [6, 6.07) is 8.42. The quantitative estimate of drug-likeness (QED) is 0.902. The molecule has 2 aromatic rings. The van der Waals surface area contributed by atoms with Crippen molar-refractivity contribution >= 4 is 28.2 Å². The van der Waals surface area contributed by atoms with Gasteiger partial charge in [-0.2, -0.15) is 0 Å². The fourth-order valence-electron chi connectivity index (χ4n) is 2.97. The van der Waals surface area contributed by atoms with Gasteiger partial charge in [0.05, 0.1) is 10.5 Å². The van der Waals surface area contributed by atoms with E-state index in [1.54, 1.807) is 6.20 Å². The highest BCUT2D eigenvalue weighted by Crippen LogP contribution is 2.32. The van der Waals surface area contributed by atoms with Crippen LogP contribution in [0.4, 0.5) is 5.69 Å². The minimum Gasteiger partial charge on any atom is -0.381 e. The molecule has 0 amide bonds. The van der Waals surface area contributed by atoms with Crippen LogP contribution >= 0.6 is 11.6 Å². The second-order valence-electron chi connectivity index (χ2n) is 5.17. The van der Waals surface area contributed by atoms with Gasteiger partial charge in [-0.1, -0.05) is 18.0 Å². The Morgan fingerprint density at radius 3 is 3.05 bits per heavy atom. The van der Waals surface area contributed by atoms with Crippen molar-refractivity contribution in [1.29, 1.82) is 0 Å². The molecule has 2 unspecified atom stereocenters. The van der Waals surface area contributed by atoms with E-state index in [9.17, 15) is 0 Å². The smallest absolute Gasteiger partial charge is 0.0908 e. The molecule has 0 aliphatic heterocycles. The van der Waals surface area contributed by atoms with Gasteiger partial charge in [0.15, 0.2) is 0 Å². The number of pyridine rings is 1. The first-order valence-corrected chi connectivity index (χ1v) is 7.17. The number of benzene rings is 1. The molecule has 0 bridgehead atoms. The van der Waals surface area contributed by atoms with Crippen molar-refractivity contribution in [3.63, 3.8) is 0 Å². The number of hydrogen-bond acceptors (Lipinski definition) is 3. The topological polar surface area (TPSA) is 50.9 Å². The van der Waals surface area contributed by atoms with Gasteiger partial charge in [-0.05, 0) is 49.6 Å². The minimum absolute atomic E-state index is 0.467. The van der Waals surface area contributed by atoms with Gasteiger partial charge in [-0.15, -0.1) is 0 Å². The molecule has 0 radical (unpaired) electrons. The second kappa shape index (κ2) is 5.35. The van der Waals surface area contributed by atoms with Crippen molar-refractivity contribution in [2.75, 3.05) is 11.9 Å². The van der Waals surface area contributed by atoms with Crippen LogP contribution in [0.2, 0.25) is 5.02 Å². The van der Waals surface area contributed by atoms with Crippen LogP contribution in [0.25, 0.3) is 10.9 Å². The molecule has 1 aromatic heterocycles. The van der Waals surface area contributed by atoms with Gasteiger partial charge in [0.25, 0.3) is 0 Å². The predicted octanol–water partition coefficient (Wildman–Crippen LogP) is 3.43. The van der Waals surface area contributed by atoms with E-state index in [1.807, 2.05) is 18.2 Å². The molecule has 3 nitrogen and oxygen atoms in total. The Kier molecular flexibility index (Phi) is 3.58. The molecule has 0 spiro atoms. The average molecular weight is 276 g/mol.